The fraction of sp³-hybridized carbons (Fsp3) is 0.429. The molecule has 0 aliphatic rings. The van der Waals surface area contributed by atoms with Crippen molar-refractivity contribution in [1.82, 2.24) is 5.32 Å². The van der Waals surface area contributed by atoms with Crippen molar-refractivity contribution in [2.24, 2.45) is 0 Å². The van der Waals surface area contributed by atoms with Gasteiger partial charge in [0.1, 0.15) is 11.8 Å². The highest BCUT2D eigenvalue weighted by Gasteiger charge is 2.18. The number of aliphatic carboxylic acids is 1. The van der Waals surface area contributed by atoms with Crippen LogP contribution in [0.2, 0.25) is 0 Å². The van der Waals surface area contributed by atoms with E-state index in [-0.39, 0.29) is 13.0 Å². The van der Waals surface area contributed by atoms with E-state index in [4.69, 9.17) is 14.9 Å². The Labute approximate surface area is 117 Å². The summed E-state index contributed by atoms with van der Waals surface area (Å²) in [6.45, 7) is 3.40. The van der Waals surface area contributed by atoms with Crippen molar-refractivity contribution in [3.63, 3.8) is 0 Å². The van der Waals surface area contributed by atoms with Gasteiger partial charge in [-0.1, -0.05) is 12.1 Å². The average Bonchev–Trinajstić information content (AvgIpc) is 2.40. The van der Waals surface area contributed by atoms with Crippen LogP contribution in [0, 0.1) is 13.8 Å². The van der Waals surface area contributed by atoms with Gasteiger partial charge in [0.2, 0.25) is 5.91 Å². The van der Waals surface area contributed by atoms with Crippen molar-refractivity contribution in [3.05, 3.63) is 29.3 Å². The fourth-order valence-corrected chi connectivity index (χ4v) is 1.59. The van der Waals surface area contributed by atoms with Gasteiger partial charge in [0.05, 0.1) is 19.6 Å². The second-order valence-corrected chi connectivity index (χ2v) is 4.44. The van der Waals surface area contributed by atoms with Gasteiger partial charge in [-0.05, 0) is 31.0 Å². The molecular weight excluding hydrogens is 262 g/mol. The molecule has 1 rings (SSSR count). The molecule has 0 saturated heterocycles. The molecule has 0 aliphatic carbocycles. The third-order valence-electron chi connectivity index (χ3n) is 2.96. The number of hydrogen-bond acceptors (Lipinski definition) is 4. The summed E-state index contributed by atoms with van der Waals surface area (Å²) >= 11 is 0. The van der Waals surface area contributed by atoms with E-state index in [1.807, 2.05) is 32.0 Å². The molecule has 0 radical (unpaired) electrons. The minimum atomic E-state index is -1.27. The lowest BCUT2D eigenvalue weighted by atomic mass is 10.1. The van der Waals surface area contributed by atoms with E-state index >= 15 is 0 Å². The molecule has 6 heteroatoms. The molecule has 0 fully saturated rings. The average molecular weight is 281 g/mol. The molecule has 0 saturated carbocycles. The Morgan fingerprint density at radius 3 is 2.65 bits per heavy atom. The third-order valence-corrected chi connectivity index (χ3v) is 2.96. The number of hydrogen-bond donors (Lipinski definition) is 3. The van der Waals surface area contributed by atoms with E-state index in [1.165, 1.54) is 0 Å². The number of benzene rings is 1. The Morgan fingerprint density at radius 2 is 2.05 bits per heavy atom. The van der Waals surface area contributed by atoms with Crippen molar-refractivity contribution >= 4 is 11.9 Å². The van der Waals surface area contributed by atoms with Crippen LogP contribution in [0.3, 0.4) is 0 Å². The number of aliphatic hydroxyl groups excluding tert-OH is 1. The van der Waals surface area contributed by atoms with Gasteiger partial charge in [0.25, 0.3) is 0 Å². The lowest BCUT2D eigenvalue weighted by Crippen LogP contribution is -2.43. The molecule has 1 amide bonds. The molecule has 0 aromatic heterocycles. The zero-order valence-electron chi connectivity index (χ0n) is 11.5. The van der Waals surface area contributed by atoms with Gasteiger partial charge < -0.3 is 20.3 Å². The van der Waals surface area contributed by atoms with Crippen LogP contribution in [-0.4, -0.2) is 41.3 Å². The molecule has 1 aromatic rings. The minimum absolute atomic E-state index is 0.0250. The van der Waals surface area contributed by atoms with Crippen LogP contribution >= 0.6 is 0 Å². The Kier molecular flexibility index (Phi) is 5.99. The van der Waals surface area contributed by atoms with E-state index in [1.54, 1.807) is 0 Å². The second kappa shape index (κ2) is 7.49. The number of carbonyl (C=O) groups excluding carboxylic acids is 1. The number of amides is 1. The molecule has 3 N–H and O–H groups in total. The topological polar surface area (TPSA) is 95.9 Å². The van der Waals surface area contributed by atoms with Gasteiger partial charge in [-0.2, -0.15) is 0 Å². The maximum absolute atomic E-state index is 11.5. The number of aliphatic hydroxyl groups is 1. The minimum Gasteiger partial charge on any atom is -0.493 e. The summed E-state index contributed by atoms with van der Waals surface area (Å²) in [5.74, 6) is -1.04. The molecule has 6 nitrogen and oxygen atoms in total. The molecule has 0 spiro atoms. The molecule has 1 aromatic carbocycles. The highest BCUT2D eigenvalue weighted by molar-refractivity contribution is 5.83. The maximum Gasteiger partial charge on any atom is 0.328 e. The van der Waals surface area contributed by atoms with Gasteiger partial charge in [-0.3, -0.25) is 4.79 Å². The summed E-state index contributed by atoms with van der Waals surface area (Å²) in [6.07, 6.45) is 0.0250. The Hall–Kier alpha value is -2.08. The first kappa shape index (κ1) is 16.0. The lowest BCUT2D eigenvalue weighted by molar-refractivity contribution is -0.143. The molecule has 0 heterocycles. The molecule has 1 atom stereocenters. The van der Waals surface area contributed by atoms with Crippen LogP contribution in [0.4, 0.5) is 0 Å². The van der Waals surface area contributed by atoms with E-state index in [9.17, 15) is 9.59 Å². The van der Waals surface area contributed by atoms with E-state index < -0.39 is 24.5 Å². The first-order valence-corrected chi connectivity index (χ1v) is 6.27. The third kappa shape index (κ3) is 4.55. The van der Waals surface area contributed by atoms with Gasteiger partial charge in [0, 0.05) is 0 Å². The summed E-state index contributed by atoms with van der Waals surface area (Å²) in [6, 6.07) is 4.37. The van der Waals surface area contributed by atoms with Crippen LogP contribution in [-0.2, 0) is 9.59 Å². The standard InChI is InChI=1S/C14H19NO5/c1-9-4-3-5-12(10(9)2)20-7-6-13(17)15-11(8-16)14(18)19/h3-5,11,16H,6-8H2,1-2H3,(H,15,17)(H,18,19)/t11-/m0/s1. The fourth-order valence-electron chi connectivity index (χ4n) is 1.59. The van der Waals surface area contributed by atoms with Gasteiger partial charge in [-0.25, -0.2) is 4.79 Å². The van der Waals surface area contributed by atoms with E-state index in [0.717, 1.165) is 11.1 Å². The SMILES string of the molecule is Cc1cccc(OCCC(=O)N[C@@H](CO)C(=O)O)c1C. The number of carbonyl (C=O) groups is 2. The summed E-state index contributed by atoms with van der Waals surface area (Å²) in [5, 5.41) is 19.7. The van der Waals surface area contributed by atoms with Crippen LogP contribution in [0.25, 0.3) is 0 Å². The van der Waals surface area contributed by atoms with Crippen molar-refractivity contribution in [2.75, 3.05) is 13.2 Å². The van der Waals surface area contributed by atoms with Gasteiger partial charge in [0.15, 0.2) is 0 Å². The Morgan fingerprint density at radius 1 is 1.35 bits per heavy atom. The monoisotopic (exact) mass is 281 g/mol. The smallest absolute Gasteiger partial charge is 0.328 e. The number of nitrogens with one attached hydrogen (secondary N) is 1. The number of aryl methyl sites for hydroxylation is 1. The van der Waals surface area contributed by atoms with Crippen LogP contribution < -0.4 is 10.1 Å². The summed E-state index contributed by atoms with van der Waals surface area (Å²) in [7, 11) is 0. The van der Waals surface area contributed by atoms with Crippen LogP contribution in [0.5, 0.6) is 5.75 Å². The predicted octanol–water partition coefficient (Wildman–Crippen LogP) is 0.634. The first-order chi connectivity index (χ1) is 9.45. The largest absolute Gasteiger partial charge is 0.493 e. The van der Waals surface area contributed by atoms with Crippen molar-refractivity contribution in [3.8, 4) is 5.75 Å². The highest BCUT2D eigenvalue weighted by atomic mass is 16.5. The van der Waals surface area contributed by atoms with E-state index in [2.05, 4.69) is 5.32 Å². The maximum atomic E-state index is 11.5. The molecular formula is C14H19NO5. The summed E-state index contributed by atoms with van der Waals surface area (Å²) < 4.78 is 5.49. The molecule has 20 heavy (non-hydrogen) atoms. The molecule has 110 valence electrons. The van der Waals surface area contributed by atoms with Gasteiger partial charge in [-0.15, -0.1) is 0 Å². The van der Waals surface area contributed by atoms with Crippen LogP contribution in [0.15, 0.2) is 18.2 Å². The molecule has 0 unspecified atom stereocenters. The Bertz CT molecular complexity index is 486. The van der Waals surface area contributed by atoms with Crippen molar-refractivity contribution in [1.29, 1.82) is 0 Å². The zero-order valence-corrected chi connectivity index (χ0v) is 11.5. The molecule has 0 aliphatic heterocycles. The van der Waals surface area contributed by atoms with Crippen molar-refractivity contribution < 1.29 is 24.5 Å². The zero-order chi connectivity index (χ0) is 15.1. The quantitative estimate of drug-likeness (QED) is 0.681. The van der Waals surface area contributed by atoms with Gasteiger partial charge >= 0.3 is 5.97 Å². The summed E-state index contributed by atoms with van der Waals surface area (Å²) in [5.41, 5.74) is 2.10. The normalized spacial score (nSPS) is 11.8. The van der Waals surface area contributed by atoms with E-state index in [0.29, 0.717) is 5.75 Å². The number of carboxylic acid groups (broad SMARTS) is 1. The summed E-state index contributed by atoms with van der Waals surface area (Å²) in [4.78, 5) is 22.1. The predicted molar refractivity (Wildman–Crippen MR) is 72.7 cm³/mol. The Balaban J connectivity index is 2.42. The number of carboxylic acids is 1. The second-order valence-electron chi connectivity index (χ2n) is 4.44. The number of rotatable bonds is 7. The van der Waals surface area contributed by atoms with Crippen molar-refractivity contribution in [2.45, 2.75) is 26.3 Å². The van der Waals surface area contributed by atoms with Crippen LogP contribution in [0.1, 0.15) is 17.5 Å². The first-order valence-electron chi connectivity index (χ1n) is 6.27. The lowest BCUT2D eigenvalue weighted by Gasteiger charge is -2.13. The number of ether oxygens (including phenoxy) is 1. The highest BCUT2D eigenvalue weighted by Crippen LogP contribution is 2.20. The molecule has 0 bridgehead atoms.